The summed E-state index contributed by atoms with van der Waals surface area (Å²) in [5, 5.41) is 15.2. The molecule has 8 heteroatoms. The van der Waals surface area contributed by atoms with E-state index < -0.39 is 17.2 Å². The van der Waals surface area contributed by atoms with Gasteiger partial charge in [-0.3, -0.25) is 24.9 Å². The first-order valence-corrected chi connectivity index (χ1v) is 13.0. The predicted molar refractivity (Wildman–Crippen MR) is 141 cm³/mol. The molecular weight excluding hydrogens is 466 g/mol. The van der Waals surface area contributed by atoms with Gasteiger partial charge in [-0.25, -0.2) is 0 Å². The van der Waals surface area contributed by atoms with Gasteiger partial charge >= 0.3 is 0 Å². The smallest absolute Gasteiger partial charge is 0.232 e. The number of ether oxygens (including phenoxy) is 1. The summed E-state index contributed by atoms with van der Waals surface area (Å²) in [7, 11) is 0. The predicted octanol–water partition coefficient (Wildman–Crippen LogP) is 4.35. The third-order valence-electron chi connectivity index (χ3n) is 8.09. The van der Waals surface area contributed by atoms with Crippen molar-refractivity contribution in [1.29, 1.82) is 5.41 Å². The zero-order chi connectivity index (χ0) is 26.8. The Balaban J connectivity index is 1.45. The Hall–Kier alpha value is -3.42. The van der Waals surface area contributed by atoms with Crippen LogP contribution >= 0.6 is 0 Å². The Bertz CT molecular complexity index is 1220. The van der Waals surface area contributed by atoms with Gasteiger partial charge in [0.05, 0.1) is 12.1 Å². The molecule has 3 N–H and O–H groups in total. The maximum Gasteiger partial charge on any atom is 0.232 e. The van der Waals surface area contributed by atoms with E-state index in [0.717, 1.165) is 16.9 Å². The second-order valence-electron chi connectivity index (χ2n) is 12.5. The van der Waals surface area contributed by atoms with Crippen LogP contribution in [0.1, 0.15) is 77.6 Å². The summed E-state index contributed by atoms with van der Waals surface area (Å²) < 4.78 is 6.15. The van der Waals surface area contributed by atoms with E-state index in [4.69, 9.17) is 10.1 Å². The van der Waals surface area contributed by atoms with Gasteiger partial charge in [0.1, 0.15) is 11.4 Å². The minimum atomic E-state index is -0.497. The van der Waals surface area contributed by atoms with Gasteiger partial charge < -0.3 is 15.4 Å². The molecule has 1 aromatic carbocycles. The molecule has 3 aliphatic rings. The summed E-state index contributed by atoms with van der Waals surface area (Å²) >= 11 is 0. The van der Waals surface area contributed by atoms with E-state index in [-0.39, 0.29) is 47.5 Å². The van der Waals surface area contributed by atoms with Crippen LogP contribution in [0.2, 0.25) is 0 Å². The molecule has 0 radical (unpaired) electrons. The lowest BCUT2D eigenvalue weighted by molar-refractivity contribution is -0.133. The minimum absolute atomic E-state index is 0.0364. The van der Waals surface area contributed by atoms with Crippen molar-refractivity contribution in [2.45, 2.75) is 77.6 Å². The number of carbonyl (C=O) groups excluding carboxylic acids is 2. The van der Waals surface area contributed by atoms with Crippen LogP contribution < -0.4 is 15.4 Å². The first kappa shape index (κ1) is 25.2. The van der Waals surface area contributed by atoms with Crippen LogP contribution in [0.4, 0.5) is 0 Å². The number of aromatic nitrogens is 1. The summed E-state index contributed by atoms with van der Waals surface area (Å²) in [6, 6.07) is 11.0. The third-order valence-corrected chi connectivity index (χ3v) is 8.09. The van der Waals surface area contributed by atoms with Crippen LogP contribution in [0.15, 0.2) is 48.8 Å². The minimum Gasteiger partial charge on any atom is -0.487 e. The van der Waals surface area contributed by atoms with E-state index in [9.17, 15) is 9.59 Å². The average Bonchev–Trinajstić information content (AvgIpc) is 3.36. The number of hydrogen-bond donors (Lipinski definition) is 3. The van der Waals surface area contributed by atoms with E-state index in [1.807, 2.05) is 64.1 Å². The molecule has 8 nitrogen and oxygen atoms in total. The highest BCUT2D eigenvalue weighted by atomic mass is 16.5. The van der Waals surface area contributed by atoms with Gasteiger partial charge in [0.25, 0.3) is 0 Å². The fourth-order valence-corrected chi connectivity index (χ4v) is 6.34. The summed E-state index contributed by atoms with van der Waals surface area (Å²) in [6.07, 6.45) is 4.36. The number of nitrogens with one attached hydrogen (secondary N) is 3. The van der Waals surface area contributed by atoms with Crippen molar-refractivity contribution < 1.29 is 14.3 Å². The SMILES string of the molecule is CC1(C)CC(=O)N(C(c2cccnc2)C2C(C(=O)N[C@H]3CC(C)(C)Oc4ccccc43)C2(C)C)C(=N)N1. The zero-order valence-corrected chi connectivity index (χ0v) is 22.5. The van der Waals surface area contributed by atoms with E-state index in [0.29, 0.717) is 6.42 Å². The number of guanidine groups is 1. The van der Waals surface area contributed by atoms with Crippen LogP contribution in [0.5, 0.6) is 5.75 Å². The van der Waals surface area contributed by atoms with Crippen molar-refractivity contribution in [3.63, 3.8) is 0 Å². The van der Waals surface area contributed by atoms with Crippen LogP contribution in [0.3, 0.4) is 0 Å². The van der Waals surface area contributed by atoms with Crippen LogP contribution in [0.25, 0.3) is 0 Å². The first-order valence-electron chi connectivity index (χ1n) is 13.0. The monoisotopic (exact) mass is 503 g/mol. The molecular formula is C29H37N5O3. The molecule has 3 unspecified atom stereocenters. The van der Waals surface area contributed by atoms with E-state index in [1.54, 1.807) is 12.4 Å². The normalized spacial score (nSPS) is 27.8. The quantitative estimate of drug-likeness (QED) is 0.562. The summed E-state index contributed by atoms with van der Waals surface area (Å²) in [6.45, 7) is 12.0. The van der Waals surface area contributed by atoms with Gasteiger partial charge in [0.15, 0.2) is 5.96 Å². The molecule has 0 spiro atoms. The molecule has 3 heterocycles. The van der Waals surface area contributed by atoms with E-state index in [2.05, 4.69) is 29.5 Å². The Morgan fingerprint density at radius 2 is 1.89 bits per heavy atom. The molecule has 196 valence electrons. The highest BCUT2D eigenvalue weighted by Crippen LogP contribution is 2.65. The van der Waals surface area contributed by atoms with Crippen molar-refractivity contribution >= 4 is 17.8 Å². The lowest BCUT2D eigenvalue weighted by atomic mass is 9.89. The van der Waals surface area contributed by atoms with Gasteiger partial charge in [0.2, 0.25) is 11.8 Å². The van der Waals surface area contributed by atoms with Gasteiger partial charge in [0, 0.05) is 48.2 Å². The molecule has 4 atom stereocenters. The maximum atomic E-state index is 13.9. The molecule has 2 aliphatic heterocycles. The van der Waals surface area contributed by atoms with Crippen molar-refractivity contribution in [2.24, 2.45) is 17.3 Å². The maximum absolute atomic E-state index is 13.9. The van der Waals surface area contributed by atoms with Gasteiger partial charge in [-0.1, -0.05) is 38.1 Å². The molecule has 5 rings (SSSR count). The average molecular weight is 504 g/mol. The van der Waals surface area contributed by atoms with Gasteiger partial charge in [-0.05, 0) is 50.8 Å². The first-order chi connectivity index (χ1) is 17.3. The number of pyridine rings is 1. The highest BCUT2D eigenvalue weighted by molar-refractivity contribution is 6.00. The van der Waals surface area contributed by atoms with Crippen LogP contribution in [-0.2, 0) is 9.59 Å². The van der Waals surface area contributed by atoms with Crippen LogP contribution in [0, 0.1) is 22.7 Å². The number of para-hydroxylation sites is 1. The summed E-state index contributed by atoms with van der Waals surface area (Å²) in [5.74, 6) is 0.204. The molecule has 1 aromatic heterocycles. The zero-order valence-electron chi connectivity index (χ0n) is 22.5. The number of benzene rings is 1. The fraction of sp³-hybridized carbons (Fsp3) is 0.517. The van der Waals surface area contributed by atoms with Gasteiger partial charge in [-0.2, -0.15) is 0 Å². The van der Waals surface area contributed by atoms with E-state index in [1.165, 1.54) is 4.90 Å². The van der Waals surface area contributed by atoms with Gasteiger partial charge in [-0.15, -0.1) is 0 Å². The number of amides is 2. The third kappa shape index (κ3) is 4.58. The number of hydrogen-bond acceptors (Lipinski definition) is 5. The molecule has 1 saturated heterocycles. The molecule has 1 aliphatic carbocycles. The number of fused-ring (bicyclic) bond motifs is 1. The molecule has 2 fully saturated rings. The molecule has 2 aromatic rings. The van der Waals surface area contributed by atoms with Crippen molar-refractivity contribution in [1.82, 2.24) is 20.5 Å². The van der Waals surface area contributed by atoms with Crippen molar-refractivity contribution in [2.75, 3.05) is 0 Å². The highest BCUT2D eigenvalue weighted by Gasteiger charge is 2.67. The lowest BCUT2D eigenvalue weighted by Crippen LogP contribution is -2.61. The summed E-state index contributed by atoms with van der Waals surface area (Å²) in [5.41, 5.74) is 0.527. The van der Waals surface area contributed by atoms with Crippen molar-refractivity contribution in [3.05, 3.63) is 59.9 Å². The lowest BCUT2D eigenvalue weighted by Gasteiger charge is -2.42. The Labute approximate surface area is 218 Å². The Morgan fingerprint density at radius 3 is 2.57 bits per heavy atom. The number of rotatable bonds is 5. The second kappa shape index (κ2) is 8.57. The van der Waals surface area contributed by atoms with E-state index >= 15 is 0 Å². The standard InChI is InChI=1S/C29H37N5O3/c1-27(2)15-21(35)34(26(30)33-27)24(17-10-9-13-31-16-17)22-23(29(22,5)6)25(36)32-19-14-28(3,4)37-20-12-8-7-11-18(19)20/h7-13,16,19,22-24H,14-15H2,1-6H3,(H2,30,33)(H,32,36)/t19-,22?,23?,24?/m0/s1. The molecule has 1 saturated carbocycles. The van der Waals surface area contributed by atoms with Crippen LogP contribution in [-0.4, -0.2) is 38.8 Å². The molecule has 0 bridgehead atoms. The largest absolute Gasteiger partial charge is 0.487 e. The Morgan fingerprint density at radius 1 is 1.16 bits per heavy atom. The topological polar surface area (TPSA) is 107 Å². The van der Waals surface area contributed by atoms with Crippen molar-refractivity contribution in [3.8, 4) is 5.75 Å². The fourth-order valence-electron chi connectivity index (χ4n) is 6.34. The molecule has 37 heavy (non-hydrogen) atoms. The number of carbonyl (C=O) groups is 2. The summed E-state index contributed by atoms with van der Waals surface area (Å²) in [4.78, 5) is 33.1. The number of nitrogens with zero attached hydrogens (tertiary/aromatic N) is 2. The second-order valence-corrected chi connectivity index (χ2v) is 12.5. The Kier molecular flexibility index (Phi) is 5.84. The molecule has 2 amide bonds.